The van der Waals surface area contributed by atoms with Crippen molar-refractivity contribution in [1.29, 1.82) is 0 Å². The molecular weight excluding hydrogens is 413 g/mol. The van der Waals surface area contributed by atoms with Crippen molar-refractivity contribution in [1.82, 2.24) is 9.80 Å². The number of amides is 1. The van der Waals surface area contributed by atoms with Crippen LogP contribution in [0.1, 0.15) is 26.3 Å². The van der Waals surface area contributed by atoms with Crippen LogP contribution in [0.2, 0.25) is 18.1 Å². The molecule has 0 atom stereocenters. The summed E-state index contributed by atoms with van der Waals surface area (Å²) in [6.45, 7) is 15.8. The van der Waals surface area contributed by atoms with Crippen molar-refractivity contribution in [2.24, 2.45) is 0 Å². The summed E-state index contributed by atoms with van der Waals surface area (Å²) in [5.41, 5.74) is 1.21. The summed E-state index contributed by atoms with van der Waals surface area (Å²) in [7, 11) is -0.239. The van der Waals surface area contributed by atoms with Gasteiger partial charge in [0.15, 0.2) is 14.1 Å². The molecule has 1 aromatic carbocycles. The average Bonchev–Trinajstić information content (AvgIpc) is 2.68. The van der Waals surface area contributed by atoms with Gasteiger partial charge in [-0.2, -0.15) is 0 Å². The lowest BCUT2D eigenvalue weighted by molar-refractivity contribution is -0.136. The number of piperazine rings is 1. The number of rotatable bonds is 7. The van der Waals surface area contributed by atoms with Crippen molar-refractivity contribution >= 4 is 19.9 Å². The second kappa shape index (κ2) is 9.56. The van der Waals surface area contributed by atoms with Gasteiger partial charge in [-0.05, 0) is 24.2 Å². The smallest absolute Gasteiger partial charge is 0.236 e. The number of hydrogen-bond donors (Lipinski definition) is 0. The summed E-state index contributed by atoms with van der Waals surface area (Å²) in [6.07, 6.45) is 0.250. The highest BCUT2D eigenvalue weighted by Gasteiger charge is 2.37. The Morgan fingerprint density at radius 3 is 2.39 bits per heavy atom. The maximum Gasteiger partial charge on any atom is 0.236 e. The molecule has 6 nitrogen and oxygen atoms in total. The van der Waals surface area contributed by atoms with E-state index >= 15 is 4.39 Å². The van der Waals surface area contributed by atoms with Crippen LogP contribution >= 0.6 is 0 Å². The van der Waals surface area contributed by atoms with Gasteiger partial charge in [0.1, 0.15) is 0 Å². The SMILES string of the molecule is COC1CN(CC(=O)N2CCN(c3cccc(CO[Si](C)(C)C(C)(C)C)c3F)CC2)C1. The number of ether oxygens (including phenoxy) is 1. The Labute approximate surface area is 187 Å². The molecule has 2 aliphatic heterocycles. The molecule has 0 unspecified atom stereocenters. The van der Waals surface area contributed by atoms with E-state index in [9.17, 15) is 4.79 Å². The minimum atomic E-state index is -1.94. The molecule has 1 aromatic rings. The molecule has 31 heavy (non-hydrogen) atoms. The second-order valence-corrected chi connectivity index (χ2v) is 15.0. The number of halogens is 1. The first-order valence-corrected chi connectivity index (χ1v) is 14.1. The molecule has 2 fully saturated rings. The normalized spacial score (nSPS) is 18.9. The molecule has 2 saturated heterocycles. The summed E-state index contributed by atoms with van der Waals surface area (Å²) in [4.78, 5) is 18.6. The van der Waals surface area contributed by atoms with Gasteiger partial charge in [-0.15, -0.1) is 0 Å². The van der Waals surface area contributed by atoms with E-state index < -0.39 is 8.32 Å². The van der Waals surface area contributed by atoms with E-state index in [1.165, 1.54) is 0 Å². The fraction of sp³-hybridized carbons (Fsp3) is 0.696. The van der Waals surface area contributed by atoms with Gasteiger partial charge >= 0.3 is 0 Å². The molecular formula is C23H38FN3O3Si. The highest BCUT2D eigenvalue weighted by molar-refractivity contribution is 6.74. The van der Waals surface area contributed by atoms with Crippen LogP contribution in [0, 0.1) is 5.82 Å². The van der Waals surface area contributed by atoms with Gasteiger partial charge in [-0.3, -0.25) is 9.69 Å². The summed E-state index contributed by atoms with van der Waals surface area (Å²) < 4.78 is 26.8. The van der Waals surface area contributed by atoms with E-state index in [-0.39, 0.29) is 22.9 Å². The van der Waals surface area contributed by atoms with Crippen LogP contribution in [0.5, 0.6) is 0 Å². The Hall–Kier alpha value is -1.48. The van der Waals surface area contributed by atoms with E-state index in [1.807, 2.05) is 28.0 Å². The average molecular weight is 452 g/mol. The van der Waals surface area contributed by atoms with Crippen molar-refractivity contribution in [2.45, 2.75) is 51.6 Å². The highest BCUT2D eigenvalue weighted by Crippen LogP contribution is 2.37. The standard InChI is InChI=1S/C23H38FN3O3Si/c1-23(2,3)31(5,6)30-17-18-8-7-9-20(22(18)24)26-10-12-27(13-11-26)21(28)16-25-14-19(15-25)29-4/h7-9,19H,10-17H2,1-6H3. The highest BCUT2D eigenvalue weighted by atomic mass is 28.4. The van der Waals surface area contributed by atoms with Crippen LogP contribution < -0.4 is 4.90 Å². The third-order valence-electron chi connectivity index (χ3n) is 7.04. The van der Waals surface area contributed by atoms with Gasteiger partial charge < -0.3 is 19.0 Å². The van der Waals surface area contributed by atoms with Crippen molar-refractivity contribution in [3.8, 4) is 0 Å². The van der Waals surface area contributed by atoms with Gasteiger partial charge in [-0.1, -0.05) is 32.9 Å². The fourth-order valence-corrected chi connectivity index (χ4v) is 4.63. The Kier molecular flexibility index (Phi) is 7.45. The van der Waals surface area contributed by atoms with Crippen LogP contribution in [0.25, 0.3) is 0 Å². The molecule has 2 aliphatic rings. The number of carbonyl (C=O) groups excluding carboxylic acids is 1. The first kappa shape index (κ1) is 24.2. The van der Waals surface area contributed by atoms with Gasteiger partial charge in [0.25, 0.3) is 0 Å². The van der Waals surface area contributed by atoms with Gasteiger partial charge in [0, 0.05) is 51.9 Å². The van der Waals surface area contributed by atoms with Gasteiger partial charge in [-0.25, -0.2) is 4.39 Å². The Bertz CT molecular complexity index is 770. The molecule has 3 rings (SSSR count). The maximum atomic E-state index is 15.3. The lowest BCUT2D eigenvalue weighted by Crippen LogP contribution is -2.57. The van der Waals surface area contributed by atoms with E-state index in [4.69, 9.17) is 9.16 Å². The van der Waals surface area contributed by atoms with Gasteiger partial charge in [0.2, 0.25) is 5.91 Å². The lowest BCUT2D eigenvalue weighted by Gasteiger charge is -2.40. The number of methoxy groups -OCH3 is 1. The zero-order valence-corrected chi connectivity index (χ0v) is 20.9. The molecule has 0 spiro atoms. The summed E-state index contributed by atoms with van der Waals surface area (Å²) in [5, 5.41) is 0.0878. The molecule has 174 valence electrons. The molecule has 0 aliphatic carbocycles. The van der Waals surface area contributed by atoms with Crippen LogP contribution in [0.4, 0.5) is 10.1 Å². The molecule has 8 heteroatoms. The zero-order chi connectivity index (χ0) is 22.8. The predicted octanol–water partition coefficient (Wildman–Crippen LogP) is 3.33. The first-order valence-electron chi connectivity index (χ1n) is 11.2. The number of likely N-dealkylation sites (tertiary alicyclic amines) is 1. The molecule has 0 N–H and O–H groups in total. The quantitative estimate of drug-likeness (QED) is 0.595. The molecule has 0 bridgehead atoms. The second-order valence-electron chi connectivity index (χ2n) is 10.2. The van der Waals surface area contributed by atoms with Crippen LogP contribution in [-0.2, 0) is 20.6 Å². The number of nitrogens with zero attached hydrogens (tertiary/aromatic N) is 3. The molecule has 0 saturated carbocycles. The number of anilines is 1. The maximum absolute atomic E-state index is 15.3. The first-order chi connectivity index (χ1) is 14.5. The van der Waals surface area contributed by atoms with Crippen molar-refractivity contribution in [2.75, 3.05) is 57.8 Å². The third kappa shape index (κ3) is 5.66. The molecule has 0 radical (unpaired) electrons. The summed E-state index contributed by atoms with van der Waals surface area (Å²) >= 11 is 0. The monoisotopic (exact) mass is 451 g/mol. The van der Waals surface area contributed by atoms with Crippen molar-refractivity contribution in [3.63, 3.8) is 0 Å². The molecule has 0 aromatic heterocycles. The Balaban J connectivity index is 1.54. The topological polar surface area (TPSA) is 45.2 Å². The molecule has 1 amide bonds. The van der Waals surface area contributed by atoms with Crippen LogP contribution in [-0.4, -0.2) is 83.1 Å². The van der Waals surface area contributed by atoms with E-state index in [2.05, 4.69) is 38.8 Å². The molecule has 2 heterocycles. The lowest BCUT2D eigenvalue weighted by atomic mass is 10.1. The number of carbonyl (C=O) groups is 1. The summed E-state index contributed by atoms with van der Waals surface area (Å²) in [5.74, 6) is -0.0571. The van der Waals surface area contributed by atoms with Gasteiger partial charge in [0.05, 0.1) is 24.9 Å². The van der Waals surface area contributed by atoms with Crippen LogP contribution in [0.15, 0.2) is 18.2 Å². The Morgan fingerprint density at radius 1 is 1.16 bits per heavy atom. The fourth-order valence-electron chi connectivity index (χ4n) is 3.69. The largest absolute Gasteiger partial charge is 0.412 e. The summed E-state index contributed by atoms with van der Waals surface area (Å²) in [6, 6.07) is 5.54. The predicted molar refractivity (Wildman–Crippen MR) is 124 cm³/mol. The Morgan fingerprint density at radius 2 is 1.81 bits per heavy atom. The van der Waals surface area contributed by atoms with E-state index in [1.54, 1.807) is 7.11 Å². The minimum absolute atomic E-state index is 0.0878. The van der Waals surface area contributed by atoms with Crippen LogP contribution in [0.3, 0.4) is 0 Å². The van der Waals surface area contributed by atoms with E-state index in [0.29, 0.717) is 50.6 Å². The third-order valence-corrected chi connectivity index (χ3v) is 11.5. The zero-order valence-electron chi connectivity index (χ0n) is 19.9. The number of benzene rings is 1. The van der Waals surface area contributed by atoms with Crippen molar-refractivity contribution < 1.29 is 18.3 Å². The van der Waals surface area contributed by atoms with Crippen molar-refractivity contribution in [3.05, 3.63) is 29.6 Å². The number of hydrogen-bond acceptors (Lipinski definition) is 5. The minimum Gasteiger partial charge on any atom is -0.412 e. The van der Waals surface area contributed by atoms with E-state index in [0.717, 1.165) is 13.1 Å².